The summed E-state index contributed by atoms with van der Waals surface area (Å²) in [6.07, 6.45) is 2.94. The monoisotopic (exact) mass is 418 g/mol. The van der Waals surface area contributed by atoms with Crippen LogP contribution >= 0.6 is 35.6 Å². The minimum absolute atomic E-state index is 0. The number of aryl methyl sites for hydroxylation is 1. The smallest absolute Gasteiger partial charge is 0.264 e. The highest BCUT2D eigenvalue weighted by Gasteiger charge is 2.33. The predicted octanol–water partition coefficient (Wildman–Crippen LogP) is 3.09. The Balaban J connectivity index is 0.00000243. The minimum Gasteiger partial charge on any atom is -0.479 e. The molecule has 1 saturated heterocycles. The van der Waals surface area contributed by atoms with Gasteiger partial charge in [0.05, 0.1) is 5.02 Å². The summed E-state index contributed by atoms with van der Waals surface area (Å²) in [4.78, 5) is 19.2. The molecule has 0 spiro atoms. The molecular formula is C17H21Cl3N4O2. The second-order valence-corrected chi connectivity index (χ2v) is 6.83. The van der Waals surface area contributed by atoms with Crippen molar-refractivity contribution in [2.24, 2.45) is 7.05 Å². The normalized spacial score (nSPS) is 18.2. The molecule has 3 rings (SSSR count). The van der Waals surface area contributed by atoms with Crippen LogP contribution in [0.25, 0.3) is 0 Å². The van der Waals surface area contributed by atoms with Crippen molar-refractivity contribution in [3.63, 3.8) is 0 Å². The molecule has 2 unspecified atom stereocenters. The molecule has 1 amide bonds. The third kappa shape index (κ3) is 4.43. The van der Waals surface area contributed by atoms with Gasteiger partial charge in [-0.15, -0.1) is 12.4 Å². The summed E-state index contributed by atoms with van der Waals surface area (Å²) in [5, 5.41) is 4.22. The van der Waals surface area contributed by atoms with Gasteiger partial charge in [0, 0.05) is 44.1 Å². The fourth-order valence-corrected chi connectivity index (χ4v) is 3.40. The molecule has 1 aromatic heterocycles. The maximum absolute atomic E-state index is 13.0. The average molecular weight is 420 g/mol. The number of amides is 1. The fourth-order valence-electron chi connectivity index (χ4n) is 2.94. The molecule has 9 heteroatoms. The van der Waals surface area contributed by atoms with Gasteiger partial charge in [-0.1, -0.05) is 23.2 Å². The van der Waals surface area contributed by atoms with E-state index in [0.29, 0.717) is 28.9 Å². The summed E-state index contributed by atoms with van der Waals surface area (Å²) >= 11 is 12.0. The lowest BCUT2D eigenvalue weighted by atomic mass is 10.1. The quantitative estimate of drug-likeness (QED) is 0.827. The van der Waals surface area contributed by atoms with Crippen LogP contribution in [0.5, 0.6) is 5.75 Å². The molecule has 0 aliphatic carbocycles. The zero-order valence-electron chi connectivity index (χ0n) is 14.5. The van der Waals surface area contributed by atoms with Crippen LogP contribution in [-0.4, -0.2) is 46.1 Å². The van der Waals surface area contributed by atoms with Crippen molar-refractivity contribution in [1.82, 2.24) is 19.8 Å². The predicted molar refractivity (Wildman–Crippen MR) is 104 cm³/mol. The van der Waals surface area contributed by atoms with Crippen LogP contribution in [0.2, 0.25) is 10.0 Å². The van der Waals surface area contributed by atoms with E-state index in [0.717, 1.165) is 12.4 Å². The molecule has 0 radical (unpaired) electrons. The van der Waals surface area contributed by atoms with Crippen LogP contribution in [0.15, 0.2) is 30.6 Å². The number of hydrogen-bond acceptors (Lipinski definition) is 4. The van der Waals surface area contributed by atoms with Gasteiger partial charge in [-0.25, -0.2) is 4.98 Å². The number of ether oxygens (including phenoxy) is 1. The van der Waals surface area contributed by atoms with E-state index < -0.39 is 6.10 Å². The molecule has 1 N–H and O–H groups in total. The minimum atomic E-state index is -0.667. The first kappa shape index (κ1) is 20.8. The topological polar surface area (TPSA) is 59.4 Å². The molecule has 2 aromatic rings. The highest BCUT2D eigenvalue weighted by atomic mass is 35.5. The molecular weight excluding hydrogens is 399 g/mol. The van der Waals surface area contributed by atoms with Gasteiger partial charge in [0.2, 0.25) is 0 Å². The van der Waals surface area contributed by atoms with Gasteiger partial charge in [0.25, 0.3) is 5.91 Å². The van der Waals surface area contributed by atoms with Gasteiger partial charge in [0.15, 0.2) is 6.10 Å². The Morgan fingerprint density at radius 2 is 2.19 bits per heavy atom. The summed E-state index contributed by atoms with van der Waals surface area (Å²) in [5.41, 5.74) is 0. The zero-order chi connectivity index (χ0) is 18.0. The Hall–Kier alpha value is -1.47. The van der Waals surface area contributed by atoms with E-state index in [4.69, 9.17) is 27.9 Å². The molecule has 0 bridgehead atoms. The molecule has 1 aliphatic rings. The summed E-state index contributed by atoms with van der Waals surface area (Å²) in [6, 6.07) is 4.81. The van der Waals surface area contributed by atoms with Gasteiger partial charge in [-0.3, -0.25) is 4.79 Å². The second kappa shape index (κ2) is 8.95. The van der Waals surface area contributed by atoms with E-state index in [1.54, 1.807) is 31.3 Å². The number of rotatable bonds is 4. The number of carbonyl (C=O) groups is 1. The summed E-state index contributed by atoms with van der Waals surface area (Å²) in [6.45, 7) is 3.72. The molecule has 6 nitrogen and oxygen atoms in total. The molecule has 2 heterocycles. The summed E-state index contributed by atoms with van der Waals surface area (Å²) in [5.74, 6) is 1.19. The molecule has 1 fully saturated rings. The number of piperazine rings is 1. The Morgan fingerprint density at radius 1 is 1.42 bits per heavy atom. The van der Waals surface area contributed by atoms with Crippen molar-refractivity contribution in [3.05, 3.63) is 46.5 Å². The van der Waals surface area contributed by atoms with E-state index in [-0.39, 0.29) is 24.4 Å². The van der Waals surface area contributed by atoms with Crippen molar-refractivity contribution < 1.29 is 9.53 Å². The van der Waals surface area contributed by atoms with E-state index in [2.05, 4.69) is 10.3 Å². The van der Waals surface area contributed by atoms with Crippen LogP contribution < -0.4 is 10.1 Å². The standard InChI is InChI=1S/C17H20Cl2N4O2.ClH/c1-11(25-15-4-3-12(18)9-13(15)19)17(24)23-8-5-20-10-14(23)16-21-6-7-22(16)2;/h3-4,6-7,9,11,14,20H,5,8,10H2,1-2H3;1H. The van der Waals surface area contributed by atoms with Crippen molar-refractivity contribution in [3.8, 4) is 5.75 Å². The lowest BCUT2D eigenvalue weighted by Crippen LogP contribution is -2.52. The maximum atomic E-state index is 13.0. The van der Waals surface area contributed by atoms with E-state index in [1.807, 2.05) is 22.7 Å². The Kier molecular flexibility index (Phi) is 7.17. The van der Waals surface area contributed by atoms with Crippen LogP contribution in [0.1, 0.15) is 18.8 Å². The lowest BCUT2D eigenvalue weighted by molar-refractivity contribution is -0.141. The number of nitrogens with one attached hydrogen (secondary N) is 1. The summed E-state index contributed by atoms with van der Waals surface area (Å²) < 4.78 is 7.71. The Labute approximate surface area is 168 Å². The highest BCUT2D eigenvalue weighted by molar-refractivity contribution is 6.35. The van der Waals surface area contributed by atoms with E-state index in [9.17, 15) is 4.79 Å². The van der Waals surface area contributed by atoms with Crippen molar-refractivity contribution >= 4 is 41.5 Å². The number of nitrogens with zero attached hydrogens (tertiary/aromatic N) is 3. The van der Waals surface area contributed by atoms with Gasteiger partial charge in [-0.2, -0.15) is 0 Å². The molecule has 1 aromatic carbocycles. The van der Waals surface area contributed by atoms with Crippen LogP contribution in [0, 0.1) is 0 Å². The number of imidazole rings is 1. The number of hydrogen-bond donors (Lipinski definition) is 1. The Morgan fingerprint density at radius 3 is 2.85 bits per heavy atom. The second-order valence-electron chi connectivity index (χ2n) is 5.98. The molecule has 26 heavy (non-hydrogen) atoms. The number of carbonyl (C=O) groups excluding carboxylic acids is 1. The largest absolute Gasteiger partial charge is 0.479 e. The third-order valence-electron chi connectivity index (χ3n) is 4.23. The SMILES string of the molecule is CC(Oc1ccc(Cl)cc1Cl)C(=O)N1CCNCC1c1nccn1C.Cl. The highest BCUT2D eigenvalue weighted by Crippen LogP contribution is 2.29. The van der Waals surface area contributed by atoms with Crippen LogP contribution in [0.4, 0.5) is 0 Å². The van der Waals surface area contributed by atoms with Gasteiger partial charge in [-0.05, 0) is 25.1 Å². The molecule has 0 saturated carbocycles. The number of halogens is 3. The van der Waals surface area contributed by atoms with Gasteiger partial charge >= 0.3 is 0 Å². The van der Waals surface area contributed by atoms with Gasteiger partial charge in [0.1, 0.15) is 17.6 Å². The first-order valence-electron chi connectivity index (χ1n) is 8.07. The van der Waals surface area contributed by atoms with Crippen molar-refractivity contribution in [2.75, 3.05) is 19.6 Å². The Bertz CT molecular complexity index is 768. The third-order valence-corrected chi connectivity index (χ3v) is 4.76. The van der Waals surface area contributed by atoms with E-state index >= 15 is 0 Å². The molecule has 2 atom stereocenters. The molecule has 142 valence electrons. The van der Waals surface area contributed by atoms with E-state index in [1.165, 1.54) is 0 Å². The molecule has 1 aliphatic heterocycles. The van der Waals surface area contributed by atoms with Crippen molar-refractivity contribution in [2.45, 2.75) is 19.1 Å². The van der Waals surface area contributed by atoms with Crippen LogP contribution in [0.3, 0.4) is 0 Å². The maximum Gasteiger partial charge on any atom is 0.264 e. The zero-order valence-corrected chi connectivity index (χ0v) is 16.8. The average Bonchev–Trinajstić information content (AvgIpc) is 3.02. The van der Waals surface area contributed by atoms with Crippen molar-refractivity contribution in [1.29, 1.82) is 0 Å². The first-order chi connectivity index (χ1) is 12.0. The van der Waals surface area contributed by atoms with Crippen LogP contribution in [-0.2, 0) is 11.8 Å². The summed E-state index contributed by atoms with van der Waals surface area (Å²) in [7, 11) is 1.92. The number of benzene rings is 1. The lowest BCUT2D eigenvalue weighted by Gasteiger charge is -2.37. The van der Waals surface area contributed by atoms with Gasteiger partial charge < -0.3 is 19.5 Å². The first-order valence-corrected chi connectivity index (χ1v) is 8.83. The fraction of sp³-hybridized carbons (Fsp3) is 0.412. The number of aromatic nitrogens is 2.